The Morgan fingerprint density at radius 1 is 1.19 bits per heavy atom. The Balaban J connectivity index is 1.38. The summed E-state index contributed by atoms with van der Waals surface area (Å²) in [5.41, 5.74) is 2.27. The van der Waals surface area contributed by atoms with Crippen molar-refractivity contribution >= 4 is 11.6 Å². The zero-order valence-corrected chi connectivity index (χ0v) is 18.3. The van der Waals surface area contributed by atoms with E-state index in [9.17, 15) is 4.79 Å². The van der Waals surface area contributed by atoms with Crippen molar-refractivity contribution in [1.29, 1.82) is 0 Å². The molecule has 1 aromatic heterocycles. The minimum Gasteiger partial charge on any atom is -0.497 e. The number of methoxy groups -OCH3 is 1. The smallest absolute Gasteiger partial charge is 0.364 e. The second-order valence-electron chi connectivity index (χ2n) is 7.54. The van der Waals surface area contributed by atoms with Crippen molar-refractivity contribution in [3.63, 3.8) is 0 Å². The summed E-state index contributed by atoms with van der Waals surface area (Å²) in [6, 6.07) is 15.7. The van der Waals surface area contributed by atoms with Crippen molar-refractivity contribution in [2.75, 3.05) is 33.3 Å². The van der Waals surface area contributed by atoms with Gasteiger partial charge in [-0.3, -0.25) is 4.90 Å². The minimum absolute atomic E-state index is 0.271. The van der Waals surface area contributed by atoms with Crippen LogP contribution in [0, 0.1) is 0 Å². The fourth-order valence-corrected chi connectivity index (χ4v) is 4.10. The molecule has 0 bridgehead atoms. The number of rotatable bonds is 7. The first-order valence-corrected chi connectivity index (χ1v) is 10.8. The fourth-order valence-electron chi connectivity index (χ4n) is 3.90. The summed E-state index contributed by atoms with van der Waals surface area (Å²) in [6.45, 7) is 4.19. The van der Waals surface area contributed by atoms with E-state index in [1.807, 2.05) is 42.5 Å². The highest BCUT2D eigenvalue weighted by atomic mass is 35.5. The van der Waals surface area contributed by atoms with Crippen LogP contribution in [0.2, 0.25) is 5.02 Å². The first kappa shape index (κ1) is 21.5. The number of ether oxygens (including phenoxy) is 1. The van der Waals surface area contributed by atoms with Gasteiger partial charge in [0.15, 0.2) is 0 Å². The lowest BCUT2D eigenvalue weighted by atomic mass is 10.0. The number of nitrogens with one attached hydrogen (secondary N) is 1. The van der Waals surface area contributed by atoms with Crippen LogP contribution in [0.25, 0.3) is 11.3 Å². The Kier molecular flexibility index (Phi) is 6.96. The van der Waals surface area contributed by atoms with Crippen molar-refractivity contribution in [2.24, 2.45) is 0 Å². The third-order valence-corrected chi connectivity index (χ3v) is 5.78. The molecule has 0 aliphatic carbocycles. The molecule has 2 aromatic carbocycles. The highest BCUT2D eigenvalue weighted by molar-refractivity contribution is 6.30. The molecule has 0 radical (unpaired) electrons. The zero-order valence-electron chi connectivity index (χ0n) is 17.5. The standard InChI is InChI=1S/C23H26ClN5O2/c1-31-20-8-6-17(7-9-20)21-15-26-29(23(30)27-21)12-3-11-28-13-10-25-16-22(28)18-4-2-5-19(24)14-18/h2,4-9,14-15,22,25H,3,10-13,16H2,1H3. The molecule has 31 heavy (non-hydrogen) atoms. The van der Waals surface area contributed by atoms with Crippen LogP contribution in [0.5, 0.6) is 5.75 Å². The Bertz CT molecular complexity index is 1070. The van der Waals surface area contributed by atoms with Crippen LogP contribution in [-0.4, -0.2) is 53.0 Å². The molecular weight excluding hydrogens is 414 g/mol. The molecule has 0 spiro atoms. The van der Waals surface area contributed by atoms with Crippen LogP contribution >= 0.6 is 11.6 Å². The lowest BCUT2D eigenvalue weighted by Gasteiger charge is -2.36. The minimum atomic E-state index is -0.333. The number of hydrogen-bond donors (Lipinski definition) is 1. The second kappa shape index (κ2) is 10.0. The summed E-state index contributed by atoms with van der Waals surface area (Å²) in [7, 11) is 1.62. The van der Waals surface area contributed by atoms with Gasteiger partial charge in [0.25, 0.3) is 0 Å². The maximum absolute atomic E-state index is 12.5. The highest BCUT2D eigenvalue weighted by Crippen LogP contribution is 2.25. The molecule has 7 nitrogen and oxygen atoms in total. The molecule has 1 saturated heterocycles. The quantitative estimate of drug-likeness (QED) is 0.610. The monoisotopic (exact) mass is 439 g/mol. The van der Waals surface area contributed by atoms with Gasteiger partial charge in [-0.05, 0) is 48.4 Å². The maximum Gasteiger partial charge on any atom is 0.364 e. The van der Waals surface area contributed by atoms with Crippen molar-refractivity contribution in [2.45, 2.75) is 19.0 Å². The summed E-state index contributed by atoms with van der Waals surface area (Å²) in [6.07, 6.45) is 2.45. The largest absolute Gasteiger partial charge is 0.497 e. The lowest BCUT2D eigenvalue weighted by molar-refractivity contribution is 0.157. The third-order valence-electron chi connectivity index (χ3n) is 5.55. The fraction of sp³-hybridized carbons (Fsp3) is 0.348. The summed E-state index contributed by atoms with van der Waals surface area (Å²) >= 11 is 6.19. The van der Waals surface area contributed by atoms with Gasteiger partial charge in [-0.2, -0.15) is 10.1 Å². The van der Waals surface area contributed by atoms with E-state index in [-0.39, 0.29) is 11.7 Å². The van der Waals surface area contributed by atoms with E-state index < -0.39 is 0 Å². The first-order chi connectivity index (χ1) is 15.1. The molecule has 1 aliphatic heterocycles. The molecule has 1 atom stereocenters. The molecule has 0 saturated carbocycles. The van der Waals surface area contributed by atoms with E-state index in [0.29, 0.717) is 12.2 Å². The molecule has 162 valence electrons. The topological polar surface area (TPSA) is 72.3 Å². The van der Waals surface area contributed by atoms with E-state index in [4.69, 9.17) is 16.3 Å². The van der Waals surface area contributed by atoms with Gasteiger partial charge in [-0.1, -0.05) is 23.7 Å². The van der Waals surface area contributed by atoms with Crippen molar-refractivity contribution in [3.8, 4) is 17.0 Å². The van der Waals surface area contributed by atoms with E-state index in [2.05, 4.69) is 26.4 Å². The van der Waals surface area contributed by atoms with Crippen LogP contribution in [-0.2, 0) is 6.54 Å². The van der Waals surface area contributed by atoms with Gasteiger partial charge in [-0.15, -0.1) is 0 Å². The van der Waals surface area contributed by atoms with Crippen LogP contribution in [0.3, 0.4) is 0 Å². The van der Waals surface area contributed by atoms with Crippen LogP contribution in [0.15, 0.2) is 59.5 Å². The molecule has 1 unspecified atom stereocenters. The molecule has 8 heteroatoms. The highest BCUT2D eigenvalue weighted by Gasteiger charge is 2.23. The van der Waals surface area contributed by atoms with Crippen molar-refractivity contribution in [3.05, 3.63) is 75.8 Å². The zero-order chi connectivity index (χ0) is 21.6. The van der Waals surface area contributed by atoms with Gasteiger partial charge in [0.05, 0.1) is 19.0 Å². The Hall–Kier alpha value is -2.74. The van der Waals surface area contributed by atoms with Gasteiger partial charge in [0.2, 0.25) is 0 Å². The lowest BCUT2D eigenvalue weighted by Crippen LogP contribution is -2.46. The molecule has 4 rings (SSSR count). The molecule has 2 heterocycles. The second-order valence-corrected chi connectivity index (χ2v) is 7.98. The van der Waals surface area contributed by atoms with E-state index in [1.165, 1.54) is 10.2 Å². The van der Waals surface area contributed by atoms with Gasteiger partial charge in [0.1, 0.15) is 5.75 Å². The third kappa shape index (κ3) is 5.31. The number of aromatic nitrogens is 3. The van der Waals surface area contributed by atoms with E-state index in [1.54, 1.807) is 13.3 Å². The van der Waals surface area contributed by atoms with Crippen LogP contribution < -0.4 is 15.7 Å². The maximum atomic E-state index is 12.5. The summed E-state index contributed by atoms with van der Waals surface area (Å²) in [5.74, 6) is 0.758. The number of halogens is 1. The number of hydrogen-bond acceptors (Lipinski definition) is 6. The molecular formula is C23H26ClN5O2. The predicted octanol–water partition coefficient (Wildman–Crippen LogP) is 3.00. The molecule has 1 aliphatic rings. The van der Waals surface area contributed by atoms with Gasteiger partial charge in [-0.25, -0.2) is 9.48 Å². The van der Waals surface area contributed by atoms with Gasteiger partial charge in [0, 0.05) is 49.4 Å². The van der Waals surface area contributed by atoms with Crippen molar-refractivity contribution in [1.82, 2.24) is 25.0 Å². The van der Waals surface area contributed by atoms with Crippen molar-refractivity contribution < 1.29 is 4.74 Å². The molecule has 3 aromatic rings. The number of piperazine rings is 1. The SMILES string of the molecule is COc1ccc(-c2cnn(CCCN3CCNCC3c3cccc(Cl)c3)c(=O)n2)cc1. The summed E-state index contributed by atoms with van der Waals surface area (Å²) in [5, 5.41) is 8.54. The predicted molar refractivity (Wildman–Crippen MR) is 122 cm³/mol. The van der Waals surface area contributed by atoms with Crippen LogP contribution in [0.1, 0.15) is 18.0 Å². The normalized spacial score (nSPS) is 16.9. The Morgan fingerprint density at radius 3 is 2.77 bits per heavy atom. The molecule has 1 N–H and O–H groups in total. The average molecular weight is 440 g/mol. The van der Waals surface area contributed by atoms with Crippen LogP contribution in [0.4, 0.5) is 0 Å². The molecule has 0 amide bonds. The molecule has 1 fully saturated rings. The van der Waals surface area contributed by atoms with Gasteiger partial charge >= 0.3 is 5.69 Å². The Labute approximate surface area is 186 Å². The summed E-state index contributed by atoms with van der Waals surface area (Å²) in [4.78, 5) is 19.1. The van der Waals surface area contributed by atoms with E-state index >= 15 is 0 Å². The number of benzene rings is 2. The average Bonchev–Trinajstić information content (AvgIpc) is 2.80. The number of nitrogens with zero attached hydrogens (tertiary/aromatic N) is 4. The Morgan fingerprint density at radius 2 is 2.03 bits per heavy atom. The van der Waals surface area contributed by atoms with Gasteiger partial charge < -0.3 is 10.1 Å². The summed E-state index contributed by atoms with van der Waals surface area (Å²) < 4.78 is 6.60. The number of aryl methyl sites for hydroxylation is 1. The first-order valence-electron chi connectivity index (χ1n) is 10.4. The van der Waals surface area contributed by atoms with E-state index in [0.717, 1.165) is 48.9 Å².